The quantitative estimate of drug-likeness (QED) is 0.909. The first-order chi connectivity index (χ1) is 9.17. The molecule has 4 nitrogen and oxygen atoms in total. The Morgan fingerprint density at radius 2 is 2.16 bits per heavy atom. The summed E-state index contributed by atoms with van der Waals surface area (Å²) in [6, 6.07) is 5.87. The molecule has 0 atom stereocenters. The molecule has 2 aromatic rings. The number of nitrogen functional groups attached to an aromatic ring is 1. The average Bonchev–Trinajstić information content (AvgIpc) is 2.74. The van der Waals surface area contributed by atoms with Crippen LogP contribution in [0.1, 0.15) is 19.0 Å². The van der Waals surface area contributed by atoms with E-state index in [-0.39, 0.29) is 0 Å². The van der Waals surface area contributed by atoms with Crippen molar-refractivity contribution in [2.45, 2.75) is 20.3 Å². The maximum atomic E-state index is 5.76. The fourth-order valence-electron chi connectivity index (χ4n) is 1.90. The Hall–Kier alpha value is -1.75. The van der Waals surface area contributed by atoms with Gasteiger partial charge in [0.25, 0.3) is 0 Å². The zero-order chi connectivity index (χ0) is 13.8. The summed E-state index contributed by atoms with van der Waals surface area (Å²) >= 11 is 1.46. The first-order valence-corrected chi connectivity index (χ1v) is 7.02. The highest BCUT2D eigenvalue weighted by Gasteiger charge is 2.16. The number of hydrogen-bond donors (Lipinski definition) is 1. The van der Waals surface area contributed by atoms with Gasteiger partial charge in [-0.05, 0) is 25.5 Å². The van der Waals surface area contributed by atoms with Crippen LogP contribution >= 0.6 is 11.3 Å². The number of methoxy groups -OCH3 is 1. The molecule has 0 spiro atoms. The minimum Gasteiger partial charge on any atom is -0.492 e. The van der Waals surface area contributed by atoms with Crippen LogP contribution in [0.15, 0.2) is 18.2 Å². The third kappa shape index (κ3) is 2.81. The van der Waals surface area contributed by atoms with Crippen LogP contribution in [0.25, 0.3) is 10.4 Å². The molecule has 0 aliphatic heterocycles. The Labute approximate surface area is 117 Å². The van der Waals surface area contributed by atoms with Crippen LogP contribution in [-0.4, -0.2) is 18.7 Å². The first-order valence-electron chi connectivity index (χ1n) is 6.20. The molecule has 2 rings (SSSR count). The molecule has 102 valence electrons. The van der Waals surface area contributed by atoms with Crippen molar-refractivity contribution in [1.29, 1.82) is 0 Å². The second kappa shape index (κ2) is 5.93. The molecule has 5 heteroatoms. The lowest BCUT2D eigenvalue weighted by Gasteiger charge is -2.13. The molecule has 0 radical (unpaired) electrons. The van der Waals surface area contributed by atoms with E-state index in [0.717, 1.165) is 34.1 Å². The molecule has 0 unspecified atom stereocenters. The van der Waals surface area contributed by atoms with Gasteiger partial charge in [0.1, 0.15) is 0 Å². The maximum Gasteiger partial charge on any atom is 0.180 e. The fourth-order valence-corrected chi connectivity index (χ4v) is 2.75. The molecule has 1 aromatic carbocycles. The molecule has 0 saturated carbocycles. The molecule has 19 heavy (non-hydrogen) atoms. The Morgan fingerprint density at radius 1 is 1.37 bits per heavy atom. The number of rotatable bonds is 5. The van der Waals surface area contributed by atoms with Crippen LogP contribution in [0, 0.1) is 6.92 Å². The van der Waals surface area contributed by atoms with E-state index in [9.17, 15) is 0 Å². The van der Waals surface area contributed by atoms with Gasteiger partial charge >= 0.3 is 0 Å². The van der Waals surface area contributed by atoms with Crippen molar-refractivity contribution in [3.05, 3.63) is 23.9 Å². The molecule has 2 N–H and O–H groups in total. The van der Waals surface area contributed by atoms with Crippen molar-refractivity contribution < 1.29 is 9.47 Å². The second-order valence-electron chi connectivity index (χ2n) is 4.15. The molecular weight excluding hydrogens is 260 g/mol. The van der Waals surface area contributed by atoms with Crippen LogP contribution in [0.4, 0.5) is 5.13 Å². The van der Waals surface area contributed by atoms with Crippen molar-refractivity contribution in [2.75, 3.05) is 19.5 Å². The third-order valence-electron chi connectivity index (χ3n) is 2.70. The molecular formula is C14H18N2O2S. The van der Waals surface area contributed by atoms with Crippen molar-refractivity contribution in [3.8, 4) is 21.9 Å². The van der Waals surface area contributed by atoms with Gasteiger partial charge in [-0.25, -0.2) is 4.98 Å². The second-order valence-corrected chi connectivity index (χ2v) is 5.18. The van der Waals surface area contributed by atoms with Gasteiger partial charge in [-0.3, -0.25) is 0 Å². The van der Waals surface area contributed by atoms with E-state index in [1.807, 2.05) is 25.1 Å². The fraction of sp³-hybridized carbons (Fsp3) is 0.357. The van der Waals surface area contributed by atoms with E-state index in [2.05, 4.69) is 11.9 Å². The van der Waals surface area contributed by atoms with Crippen LogP contribution in [0.2, 0.25) is 0 Å². The van der Waals surface area contributed by atoms with E-state index in [1.54, 1.807) is 7.11 Å². The maximum absolute atomic E-state index is 5.76. The summed E-state index contributed by atoms with van der Waals surface area (Å²) in [7, 11) is 1.65. The Morgan fingerprint density at radius 3 is 2.74 bits per heavy atom. The van der Waals surface area contributed by atoms with E-state index in [4.69, 9.17) is 15.2 Å². The highest BCUT2D eigenvalue weighted by Crippen LogP contribution is 2.42. The van der Waals surface area contributed by atoms with Crippen molar-refractivity contribution in [3.63, 3.8) is 0 Å². The number of benzene rings is 1. The van der Waals surface area contributed by atoms with E-state index in [0.29, 0.717) is 11.7 Å². The molecule has 0 bridgehead atoms. The van der Waals surface area contributed by atoms with Gasteiger partial charge in [-0.15, -0.1) is 0 Å². The first kappa shape index (κ1) is 13.7. The number of aryl methyl sites for hydroxylation is 1. The molecule has 0 aliphatic carbocycles. The number of nitrogens with zero attached hydrogens (tertiary/aromatic N) is 1. The highest BCUT2D eigenvalue weighted by atomic mass is 32.1. The van der Waals surface area contributed by atoms with Crippen LogP contribution in [0.5, 0.6) is 11.5 Å². The van der Waals surface area contributed by atoms with Gasteiger partial charge in [-0.1, -0.05) is 24.3 Å². The number of thiazole rings is 1. The zero-order valence-electron chi connectivity index (χ0n) is 11.4. The summed E-state index contributed by atoms with van der Waals surface area (Å²) in [5.41, 5.74) is 7.65. The third-order valence-corrected chi connectivity index (χ3v) is 3.72. The Kier molecular flexibility index (Phi) is 4.27. The lowest BCUT2D eigenvalue weighted by atomic mass is 10.1. The summed E-state index contributed by atoms with van der Waals surface area (Å²) < 4.78 is 11.2. The molecule has 0 saturated heterocycles. The van der Waals surface area contributed by atoms with Crippen LogP contribution in [-0.2, 0) is 0 Å². The number of anilines is 1. The van der Waals surface area contributed by atoms with Gasteiger partial charge in [0, 0.05) is 5.56 Å². The molecule has 1 aromatic heterocycles. The summed E-state index contributed by atoms with van der Waals surface area (Å²) in [5.74, 6) is 1.50. The van der Waals surface area contributed by atoms with E-state index >= 15 is 0 Å². The summed E-state index contributed by atoms with van der Waals surface area (Å²) in [6.45, 7) is 4.69. The Bertz CT molecular complexity index is 567. The minimum absolute atomic E-state index is 0.564. The molecule has 0 amide bonds. The van der Waals surface area contributed by atoms with Crippen LogP contribution in [0.3, 0.4) is 0 Å². The van der Waals surface area contributed by atoms with Gasteiger partial charge in [-0.2, -0.15) is 0 Å². The Balaban J connectivity index is 2.48. The van der Waals surface area contributed by atoms with E-state index < -0.39 is 0 Å². The van der Waals surface area contributed by atoms with Gasteiger partial charge < -0.3 is 15.2 Å². The smallest absolute Gasteiger partial charge is 0.180 e. The highest BCUT2D eigenvalue weighted by molar-refractivity contribution is 7.18. The predicted molar refractivity (Wildman–Crippen MR) is 79.0 cm³/mol. The van der Waals surface area contributed by atoms with Gasteiger partial charge in [0.2, 0.25) is 0 Å². The van der Waals surface area contributed by atoms with Gasteiger partial charge in [0.15, 0.2) is 16.6 Å². The summed E-state index contributed by atoms with van der Waals surface area (Å²) in [4.78, 5) is 5.28. The predicted octanol–water partition coefficient (Wildman–Crippen LogP) is 3.50. The number of hydrogen-bond acceptors (Lipinski definition) is 5. The average molecular weight is 278 g/mol. The molecule has 0 aliphatic rings. The lowest BCUT2D eigenvalue weighted by molar-refractivity contribution is 0.295. The van der Waals surface area contributed by atoms with Crippen molar-refractivity contribution in [1.82, 2.24) is 4.98 Å². The molecule has 0 fully saturated rings. The zero-order valence-corrected chi connectivity index (χ0v) is 12.2. The van der Waals surface area contributed by atoms with Gasteiger partial charge in [0.05, 0.1) is 24.3 Å². The number of nitrogens with two attached hydrogens (primary N) is 1. The SMILES string of the molecule is CCCOc1cccc(-c2sc(N)nc2C)c1OC. The number of aromatic nitrogens is 1. The van der Waals surface area contributed by atoms with Crippen LogP contribution < -0.4 is 15.2 Å². The largest absolute Gasteiger partial charge is 0.492 e. The van der Waals surface area contributed by atoms with Crippen molar-refractivity contribution >= 4 is 16.5 Å². The standard InChI is InChI=1S/C14H18N2O2S/c1-4-8-18-11-7-5-6-10(12(11)17-3)13-9(2)16-14(15)19-13/h5-7H,4,8H2,1-3H3,(H2,15,16). The minimum atomic E-state index is 0.564. The number of para-hydroxylation sites is 1. The lowest BCUT2D eigenvalue weighted by Crippen LogP contribution is -1.98. The van der Waals surface area contributed by atoms with Crippen molar-refractivity contribution in [2.24, 2.45) is 0 Å². The molecule has 1 heterocycles. The topological polar surface area (TPSA) is 57.4 Å². The van der Waals surface area contributed by atoms with E-state index in [1.165, 1.54) is 11.3 Å². The summed E-state index contributed by atoms with van der Waals surface area (Å²) in [6.07, 6.45) is 0.958. The summed E-state index contributed by atoms with van der Waals surface area (Å²) in [5, 5.41) is 0.564. The normalized spacial score (nSPS) is 10.5. The monoisotopic (exact) mass is 278 g/mol. The number of ether oxygens (including phenoxy) is 2.